The van der Waals surface area contributed by atoms with E-state index >= 15 is 4.79 Å². The lowest BCUT2D eigenvalue weighted by atomic mass is 9.63. The number of Topliss-reactive ketones (excluding diaryl/α,β-unsaturated/α-hetero) is 1. The number of allylic oxidation sites excluding steroid dienone is 1. The molecule has 2 aliphatic carbocycles. The van der Waals surface area contributed by atoms with E-state index in [4.69, 9.17) is 14.2 Å². The Labute approximate surface area is 265 Å². The third-order valence-electron chi connectivity index (χ3n) is 12.2. The van der Waals surface area contributed by atoms with E-state index in [-0.39, 0.29) is 23.7 Å². The van der Waals surface area contributed by atoms with Crippen molar-refractivity contribution in [2.24, 2.45) is 23.2 Å². The summed E-state index contributed by atoms with van der Waals surface area (Å²) in [4.78, 5) is 18.1. The molecule has 0 radical (unpaired) electrons. The van der Waals surface area contributed by atoms with Crippen molar-refractivity contribution in [3.63, 3.8) is 0 Å². The average Bonchev–Trinajstić information content (AvgIpc) is 3.85. The van der Waals surface area contributed by atoms with Crippen molar-refractivity contribution in [1.82, 2.24) is 4.90 Å². The summed E-state index contributed by atoms with van der Waals surface area (Å²) < 4.78 is 18.3. The molecule has 5 aliphatic rings. The van der Waals surface area contributed by atoms with Gasteiger partial charge in [0.05, 0.1) is 27.9 Å². The number of ether oxygens (including phenoxy) is 3. The second kappa shape index (κ2) is 12.6. The summed E-state index contributed by atoms with van der Waals surface area (Å²) in [6, 6.07) is 22.2. The Morgan fingerprint density at radius 3 is 2.48 bits per heavy atom. The summed E-state index contributed by atoms with van der Waals surface area (Å²) in [7, 11) is -1.83. The maximum absolute atomic E-state index is 15.2. The van der Waals surface area contributed by atoms with Crippen molar-refractivity contribution in [1.29, 1.82) is 0 Å². The van der Waals surface area contributed by atoms with Gasteiger partial charge in [0, 0.05) is 43.0 Å². The summed E-state index contributed by atoms with van der Waals surface area (Å²) >= 11 is 0. The molecule has 2 aromatic carbocycles. The quantitative estimate of drug-likeness (QED) is 0.160. The summed E-state index contributed by atoms with van der Waals surface area (Å²) in [5.41, 5.74) is 3.04. The van der Waals surface area contributed by atoms with Crippen LogP contribution >= 0.6 is 0 Å². The Balaban J connectivity index is 1.18. The molecular formula is C38H51NO4Si. The van der Waals surface area contributed by atoms with Crippen LogP contribution in [0.5, 0.6) is 0 Å². The van der Waals surface area contributed by atoms with Gasteiger partial charge >= 0.3 is 0 Å². The molecule has 7 rings (SSSR count). The highest BCUT2D eigenvalue weighted by molar-refractivity contribution is 6.91. The van der Waals surface area contributed by atoms with Gasteiger partial charge in [-0.2, -0.15) is 0 Å². The minimum atomic E-state index is -1.83. The van der Waals surface area contributed by atoms with Gasteiger partial charge < -0.3 is 14.2 Å². The highest BCUT2D eigenvalue weighted by atomic mass is 28.3. The highest BCUT2D eigenvalue weighted by Crippen LogP contribution is 2.61. The molecule has 44 heavy (non-hydrogen) atoms. The maximum atomic E-state index is 15.2. The molecule has 3 aliphatic heterocycles. The molecule has 1 unspecified atom stereocenters. The first-order valence-electron chi connectivity index (χ1n) is 17.3. The number of ketones is 1. The van der Waals surface area contributed by atoms with E-state index in [1.54, 1.807) is 5.57 Å². The molecule has 3 saturated heterocycles. The number of hydrogen-bond acceptors (Lipinski definition) is 5. The molecule has 0 aromatic heterocycles. The molecule has 0 amide bonds. The molecule has 7 atom stereocenters. The predicted octanol–water partition coefficient (Wildman–Crippen LogP) is 6.74. The van der Waals surface area contributed by atoms with Crippen LogP contribution in [0.25, 0.3) is 0 Å². The fourth-order valence-corrected chi connectivity index (χ4v) is 13.6. The SMILES string of the molecule is C[C@@H]1CN2[C@H]3C1CC[C@@]3(CCCOCc1ccccc1)C(=O)[C@@H](CC1OCCO1)[C@@H]2C1=CCC[C@@H]1[Si](C)(C)c1ccccc1. The molecule has 4 fully saturated rings. The summed E-state index contributed by atoms with van der Waals surface area (Å²) in [6.07, 6.45) is 9.33. The van der Waals surface area contributed by atoms with Crippen LogP contribution < -0.4 is 5.19 Å². The van der Waals surface area contributed by atoms with Gasteiger partial charge in [-0.3, -0.25) is 9.69 Å². The van der Waals surface area contributed by atoms with Crippen LogP contribution in [0.4, 0.5) is 0 Å². The van der Waals surface area contributed by atoms with E-state index in [1.165, 1.54) is 23.6 Å². The summed E-state index contributed by atoms with van der Waals surface area (Å²) in [6.45, 7) is 11.2. The van der Waals surface area contributed by atoms with E-state index in [1.807, 2.05) is 6.07 Å². The highest BCUT2D eigenvalue weighted by Gasteiger charge is 2.66. The monoisotopic (exact) mass is 613 g/mol. The van der Waals surface area contributed by atoms with Crippen LogP contribution in [0.15, 0.2) is 72.3 Å². The van der Waals surface area contributed by atoms with Crippen molar-refractivity contribution in [3.05, 3.63) is 77.9 Å². The zero-order valence-corrected chi connectivity index (χ0v) is 28.0. The Kier molecular flexibility index (Phi) is 8.75. The van der Waals surface area contributed by atoms with Crippen molar-refractivity contribution in [2.45, 2.75) is 95.5 Å². The standard InChI is InChI=1S/C38H51NO4Si/c1-27-25-39-35(31-16-10-17-33(31)44(2,3)29-14-8-5-9-15-29)32(24-34-42-22-23-43-34)37(40)38(20-18-30(27)36(38)39)19-11-21-41-26-28-12-6-4-7-13-28/h4-9,12-16,27,30,32-36H,10-11,17-26H2,1-3H3/t27-,30?,32+,33+,35+,36+,38-/m1/s1. The second-order valence-electron chi connectivity index (χ2n) is 14.9. The van der Waals surface area contributed by atoms with Gasteiger partial charge in [0.15, 0.2) is 6.29 Å². The number of benzene rings is 2. The first-order valence-corrected chi connectivity index (χ1v) is 20.4. The second-order valence-corrected chi connectivity index (χ2v) is 19.6. The molecule has 2 aromatic rings. The van der Waals surface area contributed by atoms with Gasteiger partial charge in [-0.05, 0) is 61.5 Å². The Morgan fingerprint density at radius 2 is 1.73 bits per heavy atom. The molecular weight excluding hydrogens is 563 g/mol. The van der Waals surface area contributed by atoms with E-state index in [9.17, 15) is 0 Å². The van der Waals surface area contributed by atoms with Crippen LogP contribution in [0.3, 0.4) is 0 Å². The lowest BCUT2D eigenvalue weighted by molar-refractivity contribution is -0.153. The number of carbonyl (C=O) groups is 1. The number of nitrogens with zero attached hydrogens (tertiary/aromatic N) is 1. The normalized spacial score (nSPS) is 34.1. The molecule has 1 saturated carbocycles. The lowest BCUT2D eigenvalue weighted by Gasteiger charge is -2.54. The third-order valence-corrected chi connectivity index (χ3v) is 16.4. The van der Waals surface area contributed by atoms with Crippen LogP contribution in [0, 0.1) is 23.2 Å². The maximum Gasteiger partial charge on any atom is 0.158 e. The largest absolute Gasteiger partial charge is 0.377 e. The van der Waals surface area contributed by atoms with E-state index in [0.717, 1.165) is 32.2 Å². The number of rotatable bonds is 11. The molecule has 3 heterocycles. The van der Waals surface area contributed by atoms with Gasteiger partial charge in [-0.25, -0.2) is 0 Å². The smallest absolute Gasteiger partial charge is 0.158 e. The van der Waals surface area contributed by atoms with Crippen LogP contribution in [0.2, 0.25) is 18.6 Å². The fraction of sp³-hybridized carbons (Fsp3) is 0.605. The molecule has 236 valence electrons. The van der Waals surface area contributed by atoms with E-state index in [2.05, 4.69) is 85.6 Å². The van der Waals surface area contributed by atoms with Crippen LogP contribution in [0.1, 0.15) is 57.4 Å². The van der Waals surface area contributed by atoms with Gasteiger partial charge in [-0.15, -0.1) is 0 Å². The van der Waals surface area contributed by atoms with Crippen molar-refractivity contribution in [3.8, 4) is 0 Å². The Hall–Kier alpha value is -2.09. The molecule has 0 N–H and O–H groups in total. The fourth-order valence-electron chi connectivity index (χ4n) is 10.1. The van der Waals surface area contributed by atoms with Crippen molar-refractivity contribution >= 4 is 19.0 Å². The van der Waals surface area contributed by atoms with Crippen LogP contribution in [-0.4, -0.2) is 63.5 Å². The predicted molar refractivity (Wildman–Crippen MR) is 177 cm³/mol. The van der Waals surface area contributed by atoms with Crippen molar-refractivity contribution in [2.75, 3.05) is 26.4 Å². The first kappa shape index (κ1) is 30.6. The molecule has 5 nitrogen and oxygen atoms in total. The van der Waals surface area contributed by atoms with Gasteiger partial charge in [0.2, 0.25) is 0 Å². The lowest BCUT2D eigenvalue weighted by Crippen LogP contribution is -2.64. The number of piperidine rings is 1. The topological polar surface area (TPSA) is 48.0 Å². The Bertz CT molecular complexity index is 1320. The number of carbonyl (C=O) groups excluding carboxylic acids is 1. The van der Waals surface area contributed by atoms with Crippen LogP contribution in [-0.2, 0) is 25.6 Å². The first-order chi connectivity index (χ1) is 21.4. The minimum Gasteiger partial charge on any atom is -0.377 e. The van der Waals surface area contributed by atoms with E-state index in [0.29, 0.717) is 62.1 Å². The molecule has 0 spiro atoms. The Morgan fingerprint density at radius 1 is 1.00 bits per heavy atom. The average molecular weight is 614 g/mol. The summed E-state index contributed by atoms with van der Waals surface area (Å²) in [5.74, 6) is 1.64. The third kappa shape index (κ3) is 5.39. The minimum absolute atomic E-state index is 0.0870. The molecule has 0 bridgehead atoms. The van der Waals surface area contributed by atoms with Crippen molar-refractivity contribution < 1.29 is 19.0 Å². The van der Waals surface area contributed by atoms with Gasteiger partial charge in [0.25, 0.3) is 0 Å². The zero-order chi connectivity index (χ0) is 30.3. The molecule has 6 heteroatoms. The van der Waals surface area contributed by atoms with E-state index < -0.39 is 8.07 Å². The number of hydrogen-bond donors (Lipinski definition) is 0. The van der Waals surface area contributed by atoms with Gasteiger partial charge in [-0.1, -0.05) is 97.5 Å². The van der Waals surface area contributed by atoms with Gasteiger partial charge in [0.1, 0.15) is 5.78 Å². The summed E-state index contributed by atoms with van der Waals surface area (Å²) in [5, 5.41) is 1.53. The zero-order valence-electron chi connectivity index (χ0n) is 27.0.